The van der Waals surface area contributed by atoms with Crippen molar-refractivity contribution in [1.29, 1.82) is 0 Å². The second-order valence-corrected chi connectivity index (χ2v) is 3.48. The van der Waals surface area contributed by atoms with Gasteiger partial charge in [-0.1, -0.05) is 6.07 Å². The second kappa shape index (κ2) is 9.03. The SMILES string of the molecule is CN=C(N)NCCCCn1ccccc1=O.I. The lowest BCUT2D eigenvalue weighted by molar-refractivity contribution is 0.588. The first-order chi connectivity index (χ1) is 7.74. The van der Waals surface area contributed by atoms with Crippen LogP contribution in [0.3, 0.4) is 0 Å². The molecular weight excluding hydrogens is 331 g/mol. The molecule has 0 unspecified atom stereocenters. The summed E-state index contributed by atoms with van der Waals surface area (Å²) in [7, 11) is 1.64. The molecule has 0 fully saturated rings. The molecule has 17 heavy (non-hydrogen) atoms. The molecule has 6 heteroatoms. The van der Waals surface area contributed by atoms with Crippen LogP contribution >= 0.6 is 24.0 Å². The molecule has 0 aromatic carbocycles. The van der Waals surface area contributed by atoms with Crippen LogP contribution in [0.5, 0.6) is 0 Å². The van der Waals surface area contributed by atoms with E-state index in [1.54, 1.807) is 29.9 Å². The Morgan fingerprint density at radius 3 is 2.88 bits per heavy atom. The van der Waals surface area contributed by atoms with Gasteiger partial charge in [0.15, 0.2) is 5.96 Å². The number of hydrogen-bond acceptors (Lipinski definition) is 2. The lowest BCUT2D eigenvalue weighted by atomic mass is 10.3. The van der Waals surface area contributed by atoms with E-state index in [1.807, 2.05) is 6.07 Å². The summed E-state index contributed by atoms with van der Waals surface area (Å²) in [5, 5.41) is 2.97. The third-order valence-electron chi connectivity index (χ3n) is 2.27. The monoisotopic (exact) mass is 350 g/mol. The fourth-order valence-electron chi connectivity index (χ4n) is 1.35. The Morgan fingerprint density at radius 1 is 1.47 bits per heavy atom. The Hall–Kier alpha value is -1.05. The molecule has 0 aliphatic carbocycles. The van der Waals surface area contributed by atoms with Crippen molar-refractivity contribution < 1.29 is 0 Å². The topological polar surface area (TPSA) is 72.4 Å². The molecule has 0 aliphatic rings. The quantitative estimate of drug-likeness (QED) is 0.357. The normalized spacial score (nSPS) is 10.8. The average molecular weight is 350 g/mol. The van der Waals surface area contributed by atoms with E-state index in [1.165, 1.54) is 0 Å². The first kappa shape index (κ1) is 16.0. The van der Waals surface area contributed by atoms with Crippen molar-refractivity contribution in [3.05, 3.63) is 34.7 Å². The van der Waals surface area contributed by atoms with Crippen LogP contribution in [0, 0.1) is 0 Å². The lowest BCUT2D eigenvalue weighted by Crippen LogP contribution is -2.32. The van der Waals surface area contributed by atoms with Crippen LogP contribution in [-0.4, -0.2) is 24.1 Å². The highest BCUT2D eigenvalue weighted by Crippen LogP contribution is 1.91. The third kappa shape index (κ3) is 6.30. The molecule has 0 atom stereocenters. The number of unbranched alkanes of at least 4 members (excludes halogenated alkanes) is 1. The summed E-state index contributed by atoms with van der Waals surface area (Å²) < 4.78 is 1.71. The number of hydrogen-bond donors (Lipinski definition) is 2. The minimum atomic E-state index is 0. The van der Waals surface area contributed by atoms with Crippen molar-refractivity contribution in [2.75, 3.05) is 13.6 Å². The zero-order valence-electron chi connectivity index (χ0n) is 9.93. The zero-order chi connectivity index (χ0) is 11.8. The molecule has 0 saturated carbocycles. The van der Waals surface area contributed by atoms with Gasteiger partial charge in [-0.05, 0) is 18.9 Å². The van der Waals surface area contributed by atoms with E-state index in [-0.39, 0.29) is 29.5 Å². The summed E-state index contributed by atoms with van der Waals surface area (Å²) in [5.41, 5.74) is 5.52. The highest BCUT2D eigenvalue weighted by molar-refractivity contribution is 14.0. The number of nitrogens with one attached hydrogen (secondary N) is 1. The first-order valence-electron chi connectivity index (χ1n) is 5.35. The van der Waals surface area contributed by atoms with Crippen LogP contribution < -0.4 is 16.6 Å². The number of guanidine groups is 1. The molecule has 1 aromatic rings. The summed E-state index contributed by atoms with van der Waals surface area (Å²) in [6, 6.07) is 5.18. The lowest BCUT2D eigenvalue weighted by Gasteiger charge is -2.06. The summed E-state index contributed by atoms with van der Waals surface area (Å²) in [5.74, 6) is 0.455. The molecule has 0 aliphatic heterocycles. The van der Waals surface area contributed by atoms with Crippen LogP contribution in [0.4, 0.5) is 0 Å². The zero-order valence-corrected chi connectivity index (χ0v) is 12.3. The molecule has 96 valence electrons. The Morgan fingerprint density at radius 2 is 2.24 bits per heavy atom. The maximum Gasteiger partial charge on any atom is 0.250 e. The molecule has 0 radical (unpaired) electrons. The van der Waals surface area contributed by atoms with Crippen LogP contribution in [0.15, 0.2) is 34.2 Å². The Kier molecular flexibility index (Phi) is 8.47. The minimum Gasteiger partial charge on any atom is -0.370 e. The van der Waals surface area contributed by atoms with Crippen molar-refractivity contribution in [1.82, 2.24) is 9.88 Å². The van der Waals surface area contributed by atoms with Gasteiger partial charge in [-0.25, -0.2) is 0 Å². The van der Waals surface area contributed by atoms with Gasteiger partial charge < -0.3 is 15.6 Å². The number of aryl methyl sites for hydroxylation is 1. The Bertz CT molecular complexity index is 402. The van der Waals surface area contributed by atoms with E-state index >= 15 is 0 Å². The standard InChI is InChI=1S/C11H18N4O.HI/c1-13-11(12)14-7-3-5-9-15-8-4-2-6-10(15)16;/h2,4,6,8H,3,5,7,9H2,1H3,(H3,12,13,14);1H. The van der Waals surface area contributed by atoms with E-state index in [0.717, 1.165) is 25.9 Å². The molecule has 1 aromatic heterocycles. The van der Waals surface area contributed by atoms with Gasteiger partial charge in [-0.2, -0.15) is 0 Å². The number of aromatic nitrogens is 1. The molecule has 1 heterocycles. The smallest absolute Gasteiger partial charge is 0.250 e. The van der Waals surface area contributed by atoms with Crippen molar-refractivity contribution >= 4 is 29.9 Å². The number of rotatable bonds is 5. The van der Waals surface area contributed by atoms with Crippen LogP contribution in [-0.2, 0) is 6.54 Å². The first-order valence-corrected chi connectivity index (χ1v) is 5.35. The summed E-state index contributed by atoms with van der Waals surface area (Å²) in [6.45, 7) is 1.52. The van der Waals surface area contributed by atoms with Gasteiger partial charge in [0.1, 0.15) is 0 Å². The predicted octanol–water partition coefficient (Wildman–Crippen LogP) is 0.781. The Labute approximate surface area is 118 Å². The van der Waals surface area contributed by atoms with Crippen LogP contribution in [0.2, 0.25) is 0 Å². The van der Waals surface area contributed by atoms with Gasteiger partial charge in [0, 0.05) is 32.4 Å². The van der Waals surface area contributed by atoms with E-state index in [9.17, 15) is 4.79 Å². The number of nitrogens with two attached hydrogens (primary N) is 1. The summed E-state index contributed by atoms with van der Waals surface area (Å²) in [4.78, 5) is 15.1. The molecular formula is C11H19IN4O. The van der Waals surface area contributed by atoms with Gasteiger partial charge >= 0.3 is 0 Å². The summed E-state index contributed by atoms with van der Waals surface area (Å²) >= 11 is 0. The summed E-state index contributed by atoms with van der Waals surface area (Å²) in [6.07, 6.45) is 3.70. The molecule has 0 amide bonds. The maximum atomic E-state index is 11.3. The van der Waals surface area contributed by atoms with Crippen molar-refractivity contribution in [3.8, 4) is 0 Å². The van der Waals surface area contributed by atoms with Crippen molar-refractivity contribution in [2.24, 2.45) is 10.7 Å². The molecule has 0 saturated heterocycles. The molecule has 0 bridgehead atoms. The van der Waals surface area contributed by atoms with Crippen molar-refractivity contribution in [2.45, 2.75) is 19.4 Å². The van der Waals surface area contributed by atoms with Crippen LogP contribution in [0.25, 0.3) is 0 Å². The minimum absolute atomic E-state index is 0. The van der Waals surface area contributed by atoms with E-state index < -0.39 is 0 Å². The Balaban J connectivity index is 0.00000256. The highest BCUT2D eigenvalue weighted by Gasteiger charge is 1.94. The molecule has 1 rings (SSSR count). The molecule has 0 spiro atoms. The van der Waals surface area contributed by atoms with Gasteiger partial charge in [0.25, 0.3) is 0 Å². The van der Waals surface area contributed by atoms with E-state index in [2.05, 4.69) is 10.3 Å². The fourth-order valence-corrected chi connectivity index (χ4v) is 1.35. The molecule has 3 N–H and O–H groups in total. The highest BCUT2D eigenvalue weighted by atomic mass is 127. The van der Waals surface area contributed by atoms with Gasteiger partial charge in [-0.15, -0.1) is 24.0 Å². The number of nitrogens with zero attached hydrogens (tertiary/aromatic N) is 2. The number of pyridine rings is 1. The maximum absolute atomic E-state index is 11.3. The molecule has 5 nitrogen and oxygen atoms in total. The van der Waals surface area contributed by atoms with Crippen molar-refractivity contribution in [3.63, 3.8) is 0 Å². The fraction of sp³-hybridized carbons (Fsp3) is 0.455. The largest absolute Gasteiger partial charge is 0.370 e. The predicted molar refractivity (Wildman–Crippen MR) is 80.9 cm³/mol. The number of aliphatic imine (C=N–C) groups is 1. The third-order valence-corrected chi connectivity index (χ3v) is 2.27. The van der Waals surface area contributed by atoms with Gasteiger partial charge in [0.2, 0.25) is 5.56 Å². The van der Waals surface area contributed by atoms with E-state index in [4.69, 9.17) is 5.73 Å². The second-order valence-electron chi connectivity index (χ2n) is 3.48. The van der Waals surface area contributed by atoms with Gasteiger partial charge in [0.05, 0.1) is 0 Å². The van der Waals surface area contributed by atoms with Gasteiger partial charge in [-0.3, -0.25) is 9.79 Å². The number of halogens is 1. The van der Waals surface area contributed by atoms with E-state index in [0.29, 0.717) is 5.96 Å². The van der Waals surface area contributed by atoms with Crippen LogP contribution in [0.1, 0.15) is 12.8 Å². The average Bonchev–Trinajstić information content (AvgIpc) is 2.30.